The summed E-state index contributed by atoms with van der Waals surface area (Å²) in [7, 11) is 0. The number of anilines is 2. The average molecular weight is 318 g/mol. The molecule has 0 unspecified atom stereocenters. The first kappa shape index (κ1) is 16.0. The summed E-state index contributed by atoms with van der Waals surface area (Å²) in [5, 5.41) is 8.83. The molecule has 2 heterocycles. The van der Waals surface area contributed by atoms with Gasteiger partial charge < -0.3 is 10.6 Å². The summed E-state index contributed by atoms with van der Waals surface area (Å²) < 4.78 is 0. The van der Waals surface area contributed by atoms with Crippen LogP contribution in [0.4, 0.5) is 15.6 Å². The second kappa shape index (κ2) is 7.56. The van der Waals surface area contributed by atoms with Gasteiger partial charge in [-0.05, 0) is 38.1 Å². The van der Waals surface area contributed by atoms with Crippen LogP contribution in [0.15, 0.2) is 30.3 Å². The summed E-state index contributed by atoms with van der Waals surface area (Å²) in [5.41, 5.74) is 0.835. The second-order valence-electron chi connectivity index (χ2n) is 4.75. The van der Waals surface area contributed by atoms with Gasteiger partial charge in [-0.25, -0.2) is 9.78 Å². The van der Waals surface area contributed by atoms with Crippen LogP contribution in [0.3, 0.4) is 0 Å². The van der Waals surface area contributed by atoms with Gasteiger partial charge in [0.2, 0.25) is 5.91 Å². The number of urea groups is 1. The van der Waals surface area contributed by atoms with Gasteiger partial charge in [-0.2, -0.15) is 0 Å². The van der Waals surface area contributed by atoms with E-state index in [9.17, 15) is 9.59 Å². The molecular formula is C15H18N4O2S. The Kier molecular flexibility index (Phi) is 5.48. The number of thiophene rings is 1. The molecule has 0 aliphatic carbocycles. The maximum atomic E-state index is 11.7. The molecule has 22 heavy (non-hydrogen) atoms. The minimum atomic E-state index is -0.316. The van der Waals surface area contributed by atoms with Crippen LogP contribution in [0.25, 0.3) is 0 Å². The Morgan fingerprint density at radius 2 is 1.95 bits per heavy atom. The zero-order valence-electron chi connectivity index (χ0n) is 12.5. The number of nitrogens with one attached hydrogen (secondary N) is 3. The molecule has 0 saturated heterocycles. The molecule has 0 atom stereocenters. The van der Waals surface area contributed by atoms with Gasteiger partial charge in [-0.15, -0.1) is 11.3 Å². The Morgan fingerprint density at radius 1 is 1.14 bits per heavy atom. The second-order valence-corrected chi connectivity index (χ2v) is 6.04. The van der Waals surface area contributed by atoms with Crippen LogP contribution < -0.4 is 16.0 Å². The monoisotopic (exact) mass is 318 g/mol. The van der Waals surface area contributed by atoms with E-state index in [1.807, 2.05) is 38.1 Å². The van der Waals surface area contributed by atoms with Crippen LogP contribution in [-0.4, -0.2) is 23.5 Å². The van der Waals surface area contributed by atoms with Crippen LogP contribution in [0.2, 0.25) is 0 Å². The number of carbonyl (C=O) groups excluding carboxylic acids is 2. The first-order valence-corrected chi connectivity index (χ1v) is 7.69. The van der Waals surface area contributed by atoms with E-state index in [1.54, 1.807) is 6.07 Å². The van der Waals surface area contributed by atoms with E-state index in [2.05, 4.69) is 20.9 Å². The van der Waals surface area contributed by atoms with Gasteiger partial charge in [0, 0.05) is 23.5 Å². The van der Waals surface area contributed by atoms with Gasteiger partial charge in [0.1, 0.15) is 5.82 Å². The number of hydrogen-bond donors (Lipinski definition) is 3. The van der Waals surface area contributed by atoms with Crippen molar-refractivity contribution in [2.75, 3.05) is 17.2 Å². The molecule has 2 aromatic rings. The number of aryl methyl sites for hydroxylation is 2. The van der Waals surface area contributed by atoms with Gasteiger partial charge in [-0.3, -0.25) is 10.1 Å². The van der Waals surface area contributed by atoms with Crippen molar-refractivity contribution in [3.8, 4) is 0 Å². The van der Waals surface area contributed by atoms with E-state index < -0.39 is 0 Å². The SMILES string of the molecule is Cc1cccc(NC(=O)CCNC(=O)Nc2ccc(C)s2)n1. The third kappa shape index (κ3) is 5.17. The Labute approximate surface area is 133 Å². The number of amides is 3. The molecule has 0 fully saturated rings. The van der Waals surface area contributed by atoms with Crippen molar-refractivity contribution in [3.05, 3.63) is 40.9 Å². The predicted octanol–water partition coefficient (Wildman–Crippen LogP) is 2.91. The number of aromatic nitrogens is 1. The van der Waals surface area contributed by atoms with Crippen LogP contribution >= 0.6 is 11.3 Å². The lowest BCUT2D eigenvalue weighted by Crippen LogP contribution is -2.31. The summed E-state index contributed by atoms with van der Waals surface area (Å²) in [4.78, 5) is 28.7. The molecule has 0 bridgehead atoms. The maximum Gasteiger partial charge on any atom is 0.319 e. The standard InChI is InChI=1S/C15H18N4O2S/c1-10-4-3-5-12(17-10)18-13(20)8-9-16-15(21)19-14-7-6-11(2)22-14/h3-7H,8-9H2,1-2H3,(H2,16,19,21)(H,17,18,20). The highest BCUT2D eigenvalue weighted by Crippen LogP contribution is 2.20. The molecule has 6 nitrogen and oxygen atoms in total. The summed E-state index contributed by atoms with van der Waals surface area (Å²) in [6.45, 7) is 4.08. The molecule has 7 heteroatoms. The number of carbonyl (C=O) groups is 2. The largest absolute Gasteiger partial charge is 0.337 e. The van der Waals surface area contributed by atoms with Crippen molar-refractivity contribution in [2.45, 2.75) is 20.3 Å². The van der Waals surface area contributed by atoms with Gasteiger partial charge in [0.15, 0.2) is 0 Å². The molecule has 3 N–H and O–H groups in total. The van der Waals surface area contributed by atoms with Gasteiger partial charge in [-0.1, -0.05) is 6.07 Å². The van der Waals surface area contributed by atoms with E-state index in [4.69, 9.17) is 0 Å². The predicted molar refractivity (Wildman–Crippen MR) is 88.3 cm³/mol. The van der Waals surface area contributed by atoms with E-state index in [-0.39, 0.29) is 24.9 Å². The number of hydrogen-bond acceptors (Lipinski definition) is 4. The summed E-state index contributed by atoms with van der Waals surface area (Å²) >= 11 is 1.50. The first-order valence-electron chi connectivity index (χ1n) is 6.88. The van der Waals surface area contributed by atoms with E-state index in [1.165, 1.54) is 11.3 Å². The molecule has 0 aliphatic heterocycles. The van der Waals surface area contributed by atoms with E-state index >= 15 is 0 Å². The van der Waals surface area contributed by atoms with Crippen molar-refractivity contribution in [1.29, 1.82) is 0 Å². The van der Waals surface area contributed by atoms with Crippen molar-refractivity contribution in [2.24, 2.45) is 0 Å². The van der Waals surface area contributed by atoms with Crippen molar-refractivity contribution < 1.29 is 9.59 Å². The summed E-state index contributed by atoms with van der Waals surface area (Å²) in [6, 6.07) is 8.87. The Balaban J connectivity index is 1.69. The maximum absolute atomic E-state index is 11.7. The zero-order valence-corrected chi connectivity index (χ0v) is 13.3. The molecule has 2 rings (SSSR count). The molecular weight excluding hydrogens is 300 g/mol. The minimum Gasteiger partial charge on any atom is -0.337 e. The highest BCUT2D eigenvalue weighted by Gasteiger charge is 2.06. The lowest BCUT2D eigenvalue weighted by atomic mass is 10.3. The fraction of sp³-hybridized carbons (Fsp3) is 0.267. The lowest BCUT2D eigenvalue weighted by Gasteiger charge is -2.07. The Morgan fingerprint density at radius 3 is 2.64 bits per heavy atom. The average Bonchev–Trinajstić information content (AvgIpc) is 2.84. The fourth-order valence-corrected chi connectivity index (χ4v) is 2.53. The Bertz CT molecular complexity index is 669. The molecule has 116 valence electrons. The molecule has 0 aromatic carbocycles. The zero-order chi connectivity index (χ0) is 15.9. The van der Waals surface area contributed by atoms with Crippen LogP contribution in [-0.2, 0) is 4.79 Å². The smallest absolute Gasteiger partial charge is 0.319 e. The van der Waals surface area contributed by atoms with Crippen molar-refractivity contribution >= 4 is 34.1 Å². The topological polar surface area (TPSA) is 83.1 Å². The third-order valence-corrected chi connectivity index (χ3v) is 3.69. The normalized spacial score (nSPS) is 10.1. The number of pyridine rings is 1. The third-order valence-electron chi connectivity index (χ3n) is 2.77. The lowest BCUT2D eigenvalue weighted by molar-refractivity contribution is -0.116. The number of nitrogens with zero attached hydrogens (tertiary/aromatic N) is 1. The Hall–Kier alpha value is -2.41. The van der Waals surface area contributed by atoms with Gasteiger partial charge in [0.05, 0.1) is 5.00 Å². The minimum absolute atomic E-state index is 0.187. The van der Waals surface area contributed by atoms with Crippen LogP contribution in [0.1, 0.15) is 17.0 Å². The quantitative estimate of drug-likeness (QED) is 0.792. The summed E-state index contributed by atoms with van der Waals surface area (Å²) in [5.74, 6) is 0.328. The first-order chi connectivity index (χ1) is 10.5. The molecule has 3 amide bonds. The van der Waals surface area contributed by atoms with E-state index in [0.29, 0.717) is 5.82 Å². The van der Waals surface area contributed by atoms with Crippen LogP contribution in [0.5, 0.6) is 0 Å². The van der Waals surface area contributed by atoms with Gasteiger partial charge >= 0.3 is 6.03 Å². The van der Waals surface area contributed by atoms with Crippen LogP contribution in [0, 0.1) is 13.8 Å². The molecule has 0 aliphatic rings. The summed E-state index contributed by atoms with van der Waals surface area (Å²) in [6.07, 6.45) is 0.187. The van der Waals surface area contributed by atoms with Crippen molar-refractivity contribution in [3.63, 3.8) is 0 Å². The fourth-order valence-electron chi connectivity index (χ4n) is 1.77. The molecule has 0 radical (unpaired) electrons. The van der Waals surface area contributed by atoms with Crippen molar-refractivity contribution in [1.82, 2.24) is 10.3 Å². The highest BCUT2D eigenvalue weighted by molar-refractivity contribution is 7.16. The molecule has 0 spiro atoms. The van der Waals surface area contributed by atoms with Gasteiger partial charge in [0.25, 0.3) is 0 Å². The number of rotatable bonds is 5. The highest BCUT2D eigenvalue weighted by atomic mass is 32.1. The van der Waals surface area contributed by atoms with E-state index in [0.717, 1.165) is 15.6 Å². The molecule has 0 saturated carbocycles. The molecule has 2 aromatic heterocycles.